The van der Waals surface area contributed by atoms with Gasteiger partial charge in [0.2, 0.25) is 5.88 Å². The lowest BCUT2D eigenvalue weighted by Gasteiger charge is -2.70. The van der Waals surface area contributed by atoms with Gasteiger partial charge in [0.15, 0.2) is 6.61 Å². The van der Waals surface area contributed by atoms with Crippen molar-refractivity contribution >= 4 is 6.03 Å². The summed E-state index contributed by atoms with van der Waals surface area (Å²) in [5.74, 6) is -0.143. The number of nitrogens with one attached hydrogen (secondary N) is 2. The molecule has 12 heteroatoms. The van der Waals surface area contributed by atoms with Gasteiger partial charge in [-0.1, -0.05) is 0 Å². The quantitative estimate of drug-likeness (QED) is 0.725. The molecule has 1 aromatic heterocycles. The number of hydrogen-bond donors (Lipinski definition) is 2. The predicted octanol–water partition coefficient (Wildman–Crippen LogP) is 3.57. The SMILES string of the molecule is Cc1nc(OCC(F)(F)F)cc([C@@H](C)NC(=O)NC23CC(C(F)(F)F)(C2)C3)n1. The Morgan fingerprint density at radius 2 is 1.82 bits per heavy atom. The second-order valence-electron chi connectivity index (χ2n) is 7.49. The van der Waals surface area contributed by atoms with Crippen molar-refractivity contribution in [3.63, 3.8) is 0 Å². The lowest BCUT2D eigenvalue weighted by Crippen LogP contribution is -2.79. The first-order valence-corrected chi connectivity index (χ1v) is 8.43. The zero-order valence-corrected chi connectivity index (χ0v) is 15.0. The fourth-order valence-electron chi connectivity index (χ4n) is 3.78. The summed E-state index contributed by atoms with van der Waals surface area (Å²) in [4.78, 5) is 19.9. The van der Waals surface area contributed by atoms with Crippen LogP contribution in [0.25, 0.3) is 0 Å². The number of amides is 2. The Kier molecular flexibility index (Phi) is 4.66. The average Bonchev–Trinajstić information content (AvgIpc) is 2.44. The van der Waals surface area contributed by atoms with E-state index in [1.807, 2.05) is 0 Å². The highest BCUT2D eigenvalue weighted by Gasteiger charge is 2.79. The first kappa shape index (κ1) is 20.5. The van der Waals surface area contributed by atoms with E-state index in [2.05, 4.69) is 25.3 Å². The number of aromatic nitrogens is 2. The van der Waals surface area contributed by atoms with Crippen LogP contribution < -0.4 is 15.4 Å². The van der Waals surface area contributed by atoms with Gasteiger partial charge in [-0.2, -0.15) is 31.3 Å². The minimum Gasteiger partial charge on any atom is -0.468 e. The molecule has 3 aliphatic rings. The van der Waals surface area contributed by atoms with Gasteiger partial charge in [0, 0.05) is 11.6 Å². The van der Waals surface area contributed by atoms with Gasteiger partial charge in [0.05, 0.1) is 17.2 Å². The Balaban J connectivity index is 1.56. The smallest absolute Gasteiger partial charge is 0.422 e. The van der Waals surface area contributed by atoms with Gasteiger partial charge in [-0.05, 0) is 33.1 Å². The van der Waals surface area contributed by atoms with E-state index >= 15 is 0 Å². The number of hydrogen-bond acceptors (Lipinski definition) is 4. The summed E-state index contributed by atoms with van der Waals surface area (Å²) in [6, 6.07) is -0.223. The lowest BCUT2D eigenvalue weighted by molar-refractivity contribution is -0.336. The van der Waals surface area contributed by atoms with Crippen molar-refractivity contribution in [1.82, 2.24) is 20.6 Å². The first-order valence-electron chi connectivity index (χ1n) is 8.43. The number of rotatable bonds is 5. The number of carbonyl (C=O) groups is 1. The molecule has 0 unspecified atom stereocenters. The summed E-state index contributed by atoms with van der Waals surface area (Å²) >= 11 is 0. The second kappa shape index (κ2) is 6.38. The van der Waals surface area contributed by atoms with E-state index < -0.39 is 42.0 Å². The highest BCUT2D eigenvalue weighted by Crippen LogP contribution is 2.73. The van der Waals surface area contributed by atoms with Crippen molar-refractivity contribution in [3.8, 4) is 5.88 Å². The van der Waals surface area contributed by atoms with E-state index in [9.17, 15) is 31.1 Å². The molecule has 28 heavy (non-hydrogen) atoms. The van der Waals surface area contributed by atoms with Crippen molar-refractivity contribution in [1.29, 1.82) is 0 Å². The summed E-state index contributed by atoms with van der Waals surface area (Å²) in [7, 11) is 0. The van der Waals surface area contributed by atoms with Crippen LogP contribution in [0.5, 0.6) is 5.88 Å². The van der Waals surface area contributed by atoms with Gasteiger partial charge in [-0.25, -0.2) is 9.78 Å². The van der Waals surface area contributed by atoms with Crippen molar-refractivity contribution in [2.75, 3.05) is 6.61 Å². The van der Waals surface area contributed by atoms with E-state index in [1.165, 1.54) is 19.9 Å². The number of carbonyl (C=O) groups excluding carboxylic acids is 1. The lowest BCUT2D eigenvalue weighted by atomic mass is 9.39. The molecule has 0 radical (unpaired) electrons. The van der Waals surface area contributed by atoms with Crippen molar-refractivity contribution in [2.24, 2.45) is 5.41 Å². The normalized spacial score (nSPS) is 27.3. The minimum absolute atomic E-state index is 0.145. The van der Waals surface area contributed by atoms with Crippen LogP contribution in [0.2, 0.25) is 0 Å². The van der Waals surface area contributed by atoms with Crippen LogP contribution in [-0.2, 0) is 0 Å². The molecular weight excluding hydrogens is 394 g/mol. The Hall–Kier alpha value is -2.27. The van der Waals surface area contributed by atoms with E-state index in [0.29, 0.717) is 0 Å². The largest absolute Gasteiger partial charge is 0.468 e. The van der Waals surface area contributed by atoms with Crippen LogP contribution in [-0.4, -0.2) is 40.5 Å². The number of ether oxygens (including phenoxy) is 1. The van der Waals surface area contributed by atoms with Crippen molar-refractivity contribution < 1.29 is 35.9 Å². The monoisotopic (exact) mass is 412 g/mol. The number of nitrogens with zero attached hydrogens (tertiary/aromatic N) is 2. The zero-order valence-electron chi connectivity index (χ0n) is 15.0. The molecule has 3 saturated carbocycles. The highest BCUT2D eigenvalue weighted by molar-refractivity contribution is 5.76. The third-order valence-electron chi connectivity index (χ3n) is 5.02. The van der Waals surface area contributed by atoms with Crippen LogP contribution >= 0.6 is 0 Å². The van der Waals surface area contributed by atoms with Crippen LogP contribution in [0, 0.1) is 12.3 Å². The van der Waals surface area contributed by atoms with Gasteiger partial charge in [-0.3, -0.25) is 0 Å². The second-order valence-corrected chi connectivity index (χ2v) is 7.49. The molecule has 4 rings (SSSR count). The van der Waals surface area contributed by atoms with E-state index in [1.54, 1.807) is 0 Å². The van der Waals surface area contributed by atoms with E-state index in [-0.39, 0.29) is 36.7 Å². The molecule has 2 N–H and O–H groups in total. The molecule has 0 saturated heterocycles. The van der Waals surface area contributed by atoms with Gasteiger partial charge in [0.1, 0.15) is 5.82 Å². The van der Waals surface area contributed by atoms with Crippen LogP contribution in [0.1, 0.15) is 43.7 Å². The highest BCUT2D eigenvalue weighted by atomic mass is 19.4. The van der Waals surface area contributed by atoms with Gasteiger partial charge in [0.25, 0.3) is 0 Å². The van der Waals surface area contributed by atoms with Crippen LogP contribution in [0.15, 0.2) is 6.07 Å². The van der Waals surface area contributed by atoms with Gasteiger partial charge >= 0.3 is 18.4 Å². The Morgan fingerprint density at radius 3 is 2.36 bits per heavy atom. The average molecular weight is 412 g/mol. The maximum absolute atomic E-state index is 12.8. The molecule has 3 fully saturated rings. The van der Waals surface area contributed by atoms with E-state index in [0.717, 1.165) is 0 Å². The molecule has 0 spiro atoms. The maximum atomic E-state index is 12.8. The molecule has 6 nitrogen and oxygen atoms in total. The summed E-state index contributed by atoms with van der Waals surface area (Å²) in [6.45, 7) is 1.47. The number of alkyl halides is 6. The molecule has 156 valence electrons. The van der Waals surface area contributed by atoms with Crippen molar-refractivity contribution in [2.45, 2.75) is 57.0 Å². The topological polar surface area (TPSA) is 76.1 Å². The molecule has 1 aromatic rings. The molecule has 0 aromatic carbocycles. The summed E-state index contributed by atoms with van der Waals surface area (Å²) in [5, 5.41) is 5.08. The van der Waals surface area contributed by atoms with Gasteiger partial charge < -0.3 is 15.4 Å². The third kappa shape index (κ3) is 3.95. The molecule has 0 aliphatic heterocycles. The summed E-state index contributed by atoms with van der Waals surface area (Å²) in [6.07, 6.45) is -9.24. The summed E-state index contributed by atoms with van der Waals surface area (Å²) < 4.78 is 80.0. The first-order chi connectivity index (χ1) is 12.7. The molecule has 3 aliphatic carbocycles. The third-order valence-corrected chi connectivity index (χ3v) is 5.02. The van der Waals surface area contributed by atoms with Gasteiger partial charge in [-0.15, -0.1) is 0 Å². The van der Waals surface area contributed by atoms with Crippen molar-refractivity contribution in [3.05, 3.63) is 17.6 Å². The molecule has 2 bridgehead atoms. The Bertz CT molecular complexity index is 760. The Labute approximate surface area is 156 Å². The minimum atomic E-state index is -4.53. The summed E-state index contributed by atoms with van der Waals surface area (Å²) in [5.41, 5.74) is -2.31. The number of halogens is 6. The number of urea groups is 1. The number of aryl methyl sites for hydroxylation is 1. The predicted molar refractivity (Wildman–Crippen MR) is 83.5 cm³/mol. The molecule has 2 amide bonds. The molecule has 1 atom stereocenters. The zero-order chi connectivity index (χ0) is 21.0. The fourth-order valence-corrected chi connectivity index (χ4v) is 3.78. The van der Waals surface area contributed by atoms with Crippen LogP contribution in [0.4, 0.5) is 31.1 Å². The maximum Gasteiger partial charge on any atom is 0.422 e. The van der Waals surface area contributed by atoms with Crippen LogP contribution in [0.3, 0.4) is 0 Å². The standard InChI is InChI=1S/C16H18F6N4O2/c1-8(10-3-11(25-9(2)24-10)28-7-15(17,18)19)23-12(27)26-14-4-13(5-14,6-14)16(20,21)22/h3,8H,4-7H2,1-2H3,(H2,23,26,27)/t8-,13?,14?/m1/s1. The Morgan fingerprint density at radius 1 is 1.21 bits per heavy atom. The molecular formula is C16H18F6N4O2. The van der Waals surface area contributed by atoms with E-state index in [4.69, 9.17) is 0 Å². The molecule has 1 heterocycles. The fraction of sp³-hybridized carbons (Fsp3) is 0.688.